The summed E-state index contributed by atoms with van der Waals surface area (Å²) in [5, 5.41) is 2.47. The minimum absolute atomic E-state index is 0.0393. The summed E-state index contributed by atoms with van der Waals surface area (Å²) in [6.45, 7) is 4.29. The number of hydrogen-bond acceptors (Lipinski definition) is 5. The van der Waals surface area contributed by atoms with Crippen molar-refractivity contribution in [3.8, 4) is 11.5 Å². The summed E-state index contributed by atoms with van der Waals surface area (Å²) in [4.78, 5) is 24.3. The predicted molar refractivity (Wildman–Crippen MR) is 115 cm³/mol. The van der Waals surface area contributed by atoms with Crippen LogP contribution >= 0.6 is 12.2 Å². The Morgan fingerprint density at radius 1 is 0.966 bits per heavy atom. The SMILES string of the molecule is CCCCOc1ccccc1C(=O)NC(=S)NNC(=O)COc1ccccc1C. The number of thiocarbonyl (C=S) groups is 1. The zero-order valence-corrected chi connectivity index (χ0v) is 17.3. The van der Waals surface area contributed by atoms with Crippen LogP contribution in [0.5, 0.6) is 11.5 Å². The molecule has 0 heterocycles. The van der Waals surface area contributed by atoms with E-state index < -0.39 is 11.8 Å². The lowest BCUT2D eigenvalue weighted by Crippen LogP contribution is -2.49. The highest BCUT2D eigenvalue weighted by Crippen LogP contribution is 2.18. The third-order valence-electron chi connectivity index (χ3n) is 3.88. The van der Waals surface area contributed by atoms with Gasteiger partial charge in [0.25, 0.3) is 11.8 Å². The van der Waals surface area contributed by atoms with Crippen LogP contribution in [0.4, 0.5) is 0 Å². The molecule has 0 aliphatic carbocycles. The second-order valence-corrected chi connectivity index (χ2v) is 6.62. The van der Waals surface area contributed by atoms with E-state index in [4.69, 9.17) is 21.7 Å². The van der Waals surface area contributed by atoms with Crippen LogP contribution in [0.15, 0.2) is 48.5 Å². The smallest absolute Gasteiger partial charge is 0.276 e. The molecule has 0 aliphatic heterocycles. The average Bonchev–Trinajstić information content (AvgIpc) is 2.72. The Labute approximate surface area is 175 Å². The van der Waals surface area contributed by atoms with Crippen LogP contribution in [0.3, 0.4) is 0 Å². The number of nitrogens with one attached hydrogen (secondary N) is 3. The summed E-state index contributed by atoms with van der Waals surface area (Å²) in [6.07, 6.45) is 1.89. The van der Waals surface area contributed by atoms with Gasteiger partial charge in [0.05, 0.1) is 12.2 Å². The molecule has 0 aliphatic rings. The number of amides is 2. The van der Waals surface area contributed by atoms with E-state index in [9.17, 15) is 9.59 Å². The van der Waals surface area contributed by atoms with Crippen LogP contribution in [0.1, 0.15) is 35.7 Å². The number of carbonyl (C=O) groups excluding carboxylic acids is 2. The first kappa shape index (κ1) is 22.2. The van der Waals surface area contributed by atoms with E-state index in [1.54, 1.807) is 30.3 Å². The number of para-hydroxylation sites is 2. The van der Waals surface area contributed by atoms with Gasteiger partial charge in [-0.05, 0) is 49.3 Å². The van der Waals surface area contributed by atoms with Crippen LogP contribution in [0.2, 0.25) is 0 Å². The molecule has 0 saturated carbocycles. The summed E-state index contributed by atoms with van der Waals surface area (Å²) in [5.41, 5.74) is 6.16. The molecule has 154 valence electrons. The molecule has 7 nitrogen and oxygen atoms in total. The molecular weight excluding hydrogens is 390 g/mol. The van der Waals surface area contributed by atoms with Crippen molar-refractivity contribution in [2.24, 2.45) is 0 Å². The number of rotatable bonds is 8. The molecule has 0 atom stereocenters. The first-order chi connectivity index (χ1) is 14.0. The van der Waals surface area contributed by atoms with Crippen molar-refractivity contribution in [1.29, 1.82) is 0 Å². The molecule has 2 rings (SSSR count). The van der Waals surface area contributed by atoms with Crippen LogP contribution in [-0.4, -0.2) is 30.1 Å². The van der Waals surface area contributed by atoms with Gasteiger partial charge in [-0.1, -0.05) is 43.7 Å². The van der Waals surface area contributed by atoms with Gasteiger partial charge in [0.1, 0.15) is 11.5 Å². The number of aryl methyl sites for hydroxylation is 1. The van der Waals surface area contributed by atoms with Crippen LogP contribution in [0.25, 0.3) is 0 Å². The summed E-state index contributed by atoms with van der Waals surface area (Å²) in [6, 6.07) is 14.3. The molecule has 0 spiro atoms. The van der Waals surface area contributed by atoms with Crippen molar-refractivity contribution in [2.75, 3.05) is 13.2 Å². The molecule has 0 bridgehead atoms. The van der Waals surface area contributed by atoms with E-state index in [1.807, 2.05) is 25.1 Å². The Morgan fingerprint density at radius 2 is 1.66 bits per heavy atom. The van der Waals surface area contributed by atoms with Crippen LogP contribution in [-0.2, 0) is 4.79 Å². The van der Waals surface area contributed by atoms with Gasteiger partial charge in [-0.15, -0.1) is 0 Å². The lowest BCUT2D eigenvalue weighted by atomic mass is 10.2. The third kappa shape index (κ3) is 7.42. The van der Waals surface area contributed by atoms with Crippen molar-refractivity contribution in [3.63, 3.8) is 0 Å². The number of hydrogen-bond donors (Lipinski definition) is 3. The Morgan fingerprint density at radius 3 is 2.38 bits per heavy atom. The van der Waals surface area contributed by atoms with E-state index in [-0.39, 0.29) is 11.7 Å². The Balaban J connectivity index is 1.79. The average molecular weight is 416 g/mol. The quantitative estimate of drug-likeness (QED) is 0.349. The van der Waals surface area contributed by atoms with Crippen molar-refractivity contribution < 1.29 is 19.1 Å². The number of unbranched alkanes of at least 4 members (excludes halogenated alkanes) is 1. The minimum Gasteiger partial charge on any atom is -0.493 e. The third-order valence-corrected chi connectivity index (χ3v) is 4.09. The van der Waals surface area contributed by atoms with Gasteiger partial charge in [0.15, 0.2) is 11.7 Å². The van der Waals surface area contributed by atoms with Gasteiger partial charge in [-0.3, -0.25) is 25.8 Å². The molecule has 2 amide bonds. The van der Waals surface area contributed by atoms with E-state index >= 15 is 0 Å². The van der Waals surface area contributed by atoms with E-state index in [0.29, 0.717) is 23.7 Å². The zero-order valence-electron chi connectivity index (χ0n) is 16.5. The molecule has 0 fully saturated rings. The summed E-state index contributed by atoms with van der Waals surface area (Å²) in [7, 11) is 0. The van der Waals surface area contributed by atoms with Gasteiger partial charge >= 0.3 is 0 Å². The minimum atomic E-state index is -0.437. The topological polar surface area (TPSA) is 88.7 Å². The largest absolute Gasteiger partial charge is 0.493 e. The van der Waals surface area contributed by atoms with Gasteiger partial charge < -0.3 is 9.47 Å². The van der Waals surface area contributed by atoms with Gasteiger partial charge in [-0.25, -0.2) is 0 Å². The summed E-state index contributed by atoms with van der Waals surface area (Å²) < 4.78 is 11.1. The number of ether oxygens (including phenoxy) is 2. The number of hydrazine groups is 1. The van der Waals surface area contributed by atoms with E-state index in [0.717, 1.165) is 18.4 Å². The van der Waals surface area contributed by atoms with Crippen LogP contribution < -0.4 is 25.6 Å². The van der Waals surface area contributed by atoms with E-state index in [2.05, 4.69) is 23.1 Å². The van der Waals surface area contributed by atoms with Gasteiger partial charge in [0, 0.05) is 0 Å². The Kier molecular flexibility index (Phi) is 8.91. The second kappa shape index (κ2) is 11.7. The second-order valence-electron chi connectivity index (χ2n) is 6.21. The molecule has 0 aromatic heterocycles. The molecule has 0 radical (unpaired) electrons. The molecular formula is C21H25N3O4S. The maximum Gasteiger partial charge on any atom is 0.276 e. The lowest BCUT2D eigenvalue weighted by molar-refractivity contribution is -0.123. The molecule has 0 saturated heterocycles. The van der Waals surface area contributed by atoms with Gasteiger partial charge in [-0.2, -0.15) is 0 Å². The number of carbonyl (C=O) groups is 2. The molecule has 8 heteroatoms. The molecule has 2 aromatic carbocycles. The van der Waals surface area contributed by atoms with Crippen molar-refractivity contribution in [3.05, 3.63) is 59.7 Å². The molecule has 0 unspecified atom stereocenters. The fourth-order valence-electron chi connectivity index (χ4n) is 2.33. The monoisotopic (exact) mass is 415 g/mol. The maximum atomic E-state index is 12.4. The standard InChI is InChI=1S/C21H25N3O4S/c1-3-4-13-27-18-12-8-6-10-16(18)20(26)22-21(29)24-23-19(25)14-28-17-11-7-5-9-15(17)2/h5-12H,3-4,13-14H2,1-2H3,(H,23,25)(H2,22,24,26,29). The maximum absolute atomic E-state index is 12.4. The zero-order chi connectivity index (χ0) is 21.1. The fraction of sp³-hybridized carbons (Fsp3) is 0.286. The van der Waals surface area contributed by atoms with Crippen LogP contribution in [0, 0.1) is 6.92 Å². The predicted octanol–water partition coefficient (Wildman–Crippen LogP) is 2.89. The van der Waals surface area contributed by atoms with Crippen molar-refractivity contribution in [1.82, 2.24) is 16.2 Å². The highest BCUT2D eigenvalue weighted by Gasteiger charge is 2.14. The Bertz CT molecular complexity index is 857. The Hall–Kier alpha value is -3.13. The first-order valence-electron chi connectivity index (χ1n) is 9.31. The van der Waals surface area contributed by atoms with Crippen molar-refractivity contribution in [2.45, 2.75) is 26.7 Å². The highest BCUT2D eigenvalue weighted by atomic mass is 32.1. The first-order valence-corrected chi connectivity index (χ1v) is 9.72. The molecule has 29 heavy (non-hydrogen) atoms. The molecule has 3 N–H and O–H groups in total. The summed E-state index contributed by atoms with van der Waals surface area (Å²) in [5.74, 6) is 0.239. The molecule has 2 aromatic rings. The summed E-state index contributed by atoms with van der Waals surface area (Å²) >= 11 is 5.06. The van der Waals surface area contributed by atoms with Gasteiger partial charge in [0.2, 0.25) is 0 Å². The number of benzene rings is 2. The lowest BCUT2D eigenvalue weighted by Gasteiger charge is -2.14. The normalized spacial score (nSPS) is 10.0. The fourth-order valence-corrected chi connectivity index (χ4v) is 2.48. The van der Waals surface area contributed by atoms with Crippen molar-refractivity contribution >= 4 is 29.1 Å². The van der Waals surface area contributed by atoms with E-state index in [1.165, 1.54) is 0 Å². The highest BCUT2D eigenvalue weighted by molar-refractivity contribution is 7.80.